The first kappa shape index (κ1) is 15.3. The highest BCUT2D eigenvalue weighted by atomic mass is 16.5. The standard InChI is InChI=1S/C15H25N3O/c1-4-8-19-14-7-5-6-13(9-14)11-18-15(16)17-10-12(2)3/h5-7,9,12H,4,8,10-11H2,1-3H3,(H3,16,17,18). The van der Waals surface area contributed by atoms with Gasteiger partial charge in [-0.15, -0.1) is 0 Å². The first-order chi connectivity index (χ1) is 9.11. The Morgan fingerprint density at radius 2 is 2.21 bits per heavy atom. The summed E-state index contributed by atoms with van der Waals surface area (Å²) in [6.45, 7) is 8.51. The van der Waals surface area contributed by atoms with E-state index in [1.807, 2.05) is 24.3 Å². The van der Waals surface area contributed by atoms with Crippen LogP contribution < -0.4 is 15.8 Å². The van der Waals surface area contributed by atoms with Crippen molar-refractivity contribution in [2.24, 2.45) is 16.6 Å². The van der Waals surface area contributed by atoms with Gasteiger partial charge in [-0.2, -0.15) is 0 Å². The highest BCUT2D eigenvalue weighted by Crippen LogP contribution is 2.14. The lowest BCUT2D eigenvalue weighted by molar-refractivity contribution is 0.317. The summed E-state index contributed by atoms with van der Waals surface area (Å²) in [5.74, 6) is 1.94. The van der Waals surface area contributed by atoms with Crippen LogP contribution in [0.15, 0.2) is 29.3 Å². The lowest BCUT2D eigenvalue weighted by Gasteiger charge is -2.08. The Kier molecular flexibility index (Phi) is 6.79. The predicted octanol–water partition coefficient (Wildman–Crippen LogP) is 2.54. The summed E-state index contributed by atoms with van der Waals surface area (Å²) in [6.07, 6.45) is 1.01. The molecule has 3 N–H and O–H groups in total. The van der Waals surface area contributed by atoms with Crippen LogP contribution in [-0.4, -0.2) is 19.1 Å². The molecule has 0 aromatic heterocycles. The van der Waals surface area contributed by atoms with Crippen LogP contribution in [0.3, 0.4) is 0 Å². The Balaban J connectivity index is 2.49. The Morgan fingerprint density at radius 1 is 1.42 bits per heavy atom. The van der Waals surface area contributed by atoms with Crippen LogP contribution in [0.25, 0.3) is 0 Å². The van der Waals surface area contributed by atoms with Gasteiger partial charge in [0.25, 0.3) is 0 Å². The van der Waals surface area contributed by atoms with E-state index in [9.17, 15) is 0 Å². The van der Waals surface area contributed by atoms with Crippen LogP contribution in [0, 0.1) is 5.92 Å². The molecular weight excluding hydrogens is 238 g/mol. The second-order valence-electron chi connectivity index (χ2n) is 4.97. The first-order valence-electron chi connectivity index (χ1n) is 6.87. The van der Waals surface area contributed by atoms with Crippen molar-refractivity contribution in [2.75, 3.05) is 13.2 Å². The number of hydrogen-bond donors (Lipinski definition) is 2. The third kappa shape index (κ3) is 6.70. The van der Waals surface area contributed by atoms with E-state index in [1.54, 1.807) is 0 Å². The summed E-state index contributed by atoms with van der Waals surface area (Å²) in [5, 5.41) is 3.10. The Morgan fingerprint density at radius 3 is 2.89 bits per heavy atom. The molecule has 0 saturated carbocycles. The van der Waals surface area contributed by atoms with Gasteiger partial charge in [-0.05, 0) is 30.0 Å². The maximum atomic E-state index is 5.80. The topological polar surface area (TPSA) is 59.6 Å². The molecule has 0 unspecified atom stereocenters. The van der Waals surface area contributed by atoms with Crippen LogP contribution in [0.5, 0.6) is 5.75 Å². The van der Waals surface area contributed by atoms with Gasteiger partial charge in [0.2, 0.25) is 0 Å². The molecule has 4 heteroatoms. The van der Waals surface area contributed by atoms with E-state index >= 15 is 0 Å². The highest BCUT2D eigenvalue weighted by Gasteiger charge is 1.98. The molecule has 1 aromatic carbocycles. The quantitative estimate of drug-likeness (QED) is 0.587. The zero-order valence-electron chi connectivity index (χ0n) is 12.1. The molecule has 106 valence electrons. The summed E-state index contributed by atoms with van der Waals surface area (Å²) in [5.41, 5.74) is 6.90. The Bertz CT molecular complexity index is 402. The second-order valence-corrected chi connectivity index (χ2v) is 4.97. The number of nitrogens with one attached hydrogen (secondary N) is 1. The van der Waals surface area contributed by atoms with Crippen molar-refractivity contribution in [1.29, 1.82) is 0 Å². The minimum Gasteiger partial charge on any atom is -0.494 e. The molecule has 0 saturated heterocycles. The van der Waals surface area contributed by atoms with Crippen molar-refractivity contribution in [3.8, 4) is 5.75 Å². The molecule has 0 spiro atoms. The Labute approximate surface area is 116 Å². The van der Waals surface area contributed by atoms with Crippen molar-refractivity contribution >= 4 is 5.96 Å². The molecule has 19 heavy (non-hydrogen) atoms. The number of guanidine groups is 1. The average molecular weight is 263 g/mol. The Hall–Kier alpha value is -1.71. The van der Waals surface area contributed by atoms with Crippen LogP contribution in [0.4, 0.5) is 0 Å². The zero-order valence-corrected chi connectivity index (χ0v) is 12.1. The van der Waals surface area contributed by atoms with Crippen LogP contribution in [-0.2, 0) is 6.54 Å². The summed E-state index contributed by atoms with van der Waals surface area (Å²) < 4.78 is 5.59. The molecule has 0 aliphatic carbocycles. The van der Waals surface area contributed by atoms with E-state index in [1.165, 1.54) is 0 Å². The normalized spacial score (nSPS) is 11.7. The minimum absolute atomic E-state index is 0.494. The van der Waals surface area contributed by atoms with Crippen molar-refractivity contribution in [3.63, 3.8) is 0 Å². The molecule has 0 fully saturated rings. The minimum atomic E-state index is 0.494. The van der Waals surface area contributed by atoms with Gasteiger partial charge in [0, 0.05) is 6.54 Å². The van der Waals surface area contributed by atoms with Gasteiger partial charge in [-0.25, -0.2) is 4.99 Å². The average Bonchev–Trinajstić information content (AvgIpc) is 2.41. The number of nitrogens with two attached hydrogens (primary N) is 1. The van der Waals surface area contributed by atoms with E-state index in [0.717, 1.165) is 30.9 Å². The lowest BCUT2D eigenvalue weighted by atomic mass is 10.2. The van der Waals surface area contributed by atoms with Gasteiger partial charge in [0.15, 0.2) is 5.96 Å². The molecule has 0 bridgehead atoms. The third-order valence-electron chi connectivity index (χ3n) is 2.49. The molecule has 0 radical (unpaired) electrons. The number of hydrogen-bond acceptors (Lipinski definition) is 2. The van der Waals surface area contributed by atoms with E-state index in [0.29, 0.717) is 18.4 Å². The fourth-order valence-corrected chi connectivity index (χ4v) is 1.49. The van der Waals surface area contributed by atoms with Crippen molar-refractivity contribution in [2.45, 2.75) is 33.7 Å². The predicted molar refractivity (Wildman–Crippen MR) is 80.4 cm³/mol. The summed E-state index contributed by atoms with van der Waals surface area (Å²) in [6, 6.07) is 7.98. The fourth-order valence-electron chi connectivity index (χ4n) is 1.49. The van der Waals surface area contributed by atoms with Gasteiger partial charge in [-0.3, -0.25) is 0 Å². The zero-order chi connectivity index (χ0) is 14.1. The maximum absolute atomic E-state index is 5.80. The van der Waals surface area contributed by atoms with Crippen LogP contribution >= 0.6 is 0 Å². The third-order valence-corrected chi connectivity index (χ3v) is 2.49. The van der Waals surface area contributed by atoms with Crippen LogP contribution in [0.2, 0.25) is 0 Å². The number of aliphatic imine (C=N–C) groups is 1. The smallest absolute Gasteiger partial charge is 0.188 e. The monoisotopic (exact) mass is 263 g/mol. The summed E-state index contributed by atoms with van der Waals surface area (Å²) in [7, 11) is 0. The van der Waals surface area contributed by atoms with Crippen molar-refractivity contribution in [3.05, 3.63) is 29.8 Å². The van der Waals surface area contributed by atoms with Crippen molar-refractivity contribution < 1.29 is 4.74 Å². The number of benzene rings is 1. The largest absolute Gasteiger partial charge is 0.494 e. The molecule has 0 aliphatic heterocycles. The number of nitrogens with zero attached hydrogens (tertiary/aromatic N) is 1. The van der Waals surface area contributed by atoms with Crippen molar-refractivity contribution in [1.82, 2.24) is 5.32 Å². The van der Waals surface area contributed by atoms with E-state index in [-0.39, 0.29) is 0 Å². The van der Waals surface area contributed by atoms with E-state index < -0.39 is 0 Å². The van der Waals surface area contributed by atoms with E-state index in [2.05, 4.69) is 31.1 Å². The molecule has 0 atom stereocenters. The molecule has 4 nitrogen and oxygen atoms in total. The molecule has 1 rings (SSSR count). The number of rotatable bonds is 7. The van der Waals surface area contributed by atoms with Gasteiger partial charge in [0.1, 0.15) is 5.75 Å². The van der Waals surface area contributed by atoms with Crippen LogP contribution in [0.1, 0.15) is 32.8 Å². The molecule has 0 amide bonds. The van der Waals surface area contributed by atoms with Gasteiger partial charge >= 0.3 is 0 Å². The van der Waals surface area contributed by atoms with E-state index in [4.69, 9.17) is 10.5 Å². The lowest BCUT2D eigenvalue weighted by Crippen LogP contribution is -2.34. The molecule has 1 aromatic rings. The summed E-state index contributed by atoms with van der Waals surface area (Å²) >= 11 is 0. The molecule has 0 heterocycles. The van der Waals surface area contributed by atoms with Gasteiger partial charge < -0.3 is 15.8 Å². The molecule has 0 aliphatic rings. The SMILES string of the molecule is CCCOc1cccc(CN=C(N)NCC(C)C)c1. The molecular formula is C15H25N3O. The van der Waals surface area contributed by atoms with Gasteiger partial charge in [-0.1, -0.05) is 32.9 Å². The van der Waals surface area contributed by atoms with Gasteiger partial charge in [0.05, 0.1) is 13.2 Å². The fraction of sp³-hybridized carbons (Fsp3) is 0.533. The number of ether oxygens (including phenoxy) is 1. The first-order valence-corrected chi connectivity index (χ1v) is 6.87. The maximum Gasteiger partial charge on any atom is 0.188 e. The second kappa shape index (κ2) is 8.40. The highest BCUT2D eigenvalue weighted by molar-refractivity contribution is 5.77. The summed E-state index contributed by atoms with van der Waals surface area (Å²) in [4.78, 5) is 4.32.